The number of anilines is 1. The number of hydrogen-bond acceptors (Lipinski definition) is 4. The van der Waals surface area contributed by atoms with Gasteiger partial charge in [-0.05, 0) is 6.42 Å². The van der Waals surface area contributed by atoms with Crippen LogP contribution in [0.4, 0.5) is 10.1 Å². The van der Waals surface area contributed by atoms with Gasteiger partial charge in [0.1, 0.15) is 11.9 Å². The zero-order valence-corrected chi connectivity index (χ0v) is 8.37. The maximum Gasteiger partial charge on any atom is 0.249 e. The smallest absolute Gasteiger partial charge is 0.249 e. The van der Waals surface area contributed by atoms with Crippen molar-refractivity contribution in [2.45, 2.75) is 18.9 Å². The number of amides is 2. The van der Waals surface area contributed by atoms with E-state index in [9.17, 15) is 14.0 Å². The first kappa shape index (κ1) is 10.5. The van der Waals surface area contributed by atoms with Gasteiger partial charge in [-0.15, -0.1) is 0 Å². The number of aromatic nitrogens is 1. The van der Waals surface area contributed by atoms with E-state index >= 15 is 0 Å². The Hall–Kier alpha value is -1.98. The van der Waals surface area contributed by atoms with Crippen LogP contribution < -0.4 is 10.6 Å². The third-order valence-corrected chi connectivity index (χ3v) is 2.28. The molecule has 6 heteroatoms. The molecule has 2 rings (SSSR count). The number of nitrogens with zero attached hydrogens (tertiary/aromatic N) is 1. The summed E-state index contributed by atoms with van der Waals surface area (Å²) in [5.74, 6) is -1.14. The molecular weight excluding hydrogens is 213 g/mol. The molecule has 1 aromatic rings. The summed E-state index contributed by atoms with van der Waals surface area (Å²) in [5.41, 5.74) is 0.425. The van der Waals surface area contributed by atoms with E-state index in [1.807, 2.05) is 0 Å². The van der Waals surface area contributed by atoms with Gasteiger partial charge in [-0.2, -0.15) is 0 Å². The molecule has 0 bridgehead atoms. The standard InChI is InChI=1S/C10H10FN3O2/c11-6-3-7(5-12-4-6)13-8-1-2-9(15)14-10(8)16/h3-5,8,13H,1-2H2,(H,14,15,16). The Labute approximate surface area is 91.1 Å². The zero-order chi connectivity index (χ0) is 11.5. The number of nitrogens with one attached hydrogen (secondary N) is 2. The van der Waals surface area contributed by atoms with Gasteiger partial charge in [0.25, 0.3) is 0 Å². The van der Waals surface area contributed by atoms with Gasteiger partial charge >= 0.3 is 0 Å². The van der Waals surface area contributed by atoms with Crippen LogP contribution in [-0.2, 0) is 9.59 Å². The summed E-state index contributed by atoms with van der Waals surface area (Å²) < 4.78 is 12.8. The fourth-order valence-corrected chi connectivity index (χ4v) is 1.52. The van der Waals surface area contributed by atoms with Crippen molar-refractivity contribution >= 4 is 17.5 Å². The molecule has 16 heavy (non-hydrogen) atoms. The minimum absolute atomic E-state index is 0.277. The average molecular weight is 223 g/mol. The minimum Gasteiger partial charge on any atom is -0.372 e. The number of halogens is 1. The second kappa shape index (κ2) is 4.26. The highest BCUT2D eigenvalue weighted by Crippen LogP contribution is 2.13. The Morgan fingerprint density at radius 1 is 1.44 bits per heavy atom. The van der Waals surface area contributed by atoms with E-state index in [0.717, 1.165) is 6.20 Å². The molecule has 0 aliphatic carbocycles. The van der Waals surface area contributed by atoms with Crippen molar-refractivity contribution in [3.05, 3.63) is 24.3 Å². The number of imide groups is 1. The first-order valence-electron chi connectivity index (χ1n) is 4.86. The normalized spacial score (nSPS) is 20.4. The molecule has 1 saturated heterocycles. The summed E-state index contributed by atoms with van der Waals surface area (Å²) in [6.07, 6.45) is 3.19. The molecule has 2 heterocycles. The molecule has 0 aromatic carbocycles. The quantitative estimate of drug-likeness (QED) is 0.713. The highest BCUT2D eigenvalue weighted by atomic mass is 19.1. The highest BCUT2D eigenvalue weighted by molar-refractivity contribution is 6.01. The van der Waals surface area contributed by atoms with E-state index in [0.29, 0.717) is 12.1 Å². The van der Waals surface area contributed by atoms with Gasteiger partial charge in [0.15, 0.2) is 0 Å². The van der Waals surface area contributed by atoms with Gasteiger partial charge in [-0.3, -0.25) is 19.9 Å². The predicted octanol–water partition coefficient (Wildman–Crippen LogP) is 0.438. The fraction of sp³-hybridized carbons (Fsp3) is 0.300. The summed E-state index contributed by atoms with van der Waals surface area (Å²) in [5, 5.41) is 5.03. The van der Waals surface area contributed by atoms with E-state index in [1.165, 1.54) is 12.3 Å². The molecule has 2 N–H and O–H groups in total. The summed E-state index contributed by atoms with van der Waals surface area (Å²) in [6.45, 7) is 0. The largest absolute Gasteiger partial charge is 0.372 e. The Balaban J connectivity index is 2.05. The van der Waals surface area contributed by atoms with Crippen LogP contribution in [0, 0.1) is 5.82 Å². The molecule has 0 spiro atoms. The van der Waals surface area contributed by atoms with Gasteiger partial charge in [0, 0.05) is 12.5 Å². The Kier molecular flexibility index (Phi) is 2.80. The van der Waals surface area contributed by atoms with Gasteiger partial charge < -0.3 is 5.32 Å². The van der Waals surface area contributed by atoms with Crippen LogP contribution >= 0.6 is 0 Å². The van der Waals surface area contributed by atoms with E-state index in [2.05, 4.69) is 15.6 Å². The minimum atomic E-state index is -0.513. The molecule has 1 atom stereocenters. The highest BCUT2D eigenvalue weighted by Gasteiger charge is 2.26. The van der Waals surface area contributed by atoms with Crippen LogP contribution in [0.5, 0.6) is 0 Å². The van der Waals surface area contributed by atoms with Crippen LogP contribution in [0.25, 0.3) is 0 Å². The molecule has 1 aromatic heterocycles. The Bertz CT molecular complexity index is 436. The number of carbonyl (C=O) groups is 2. The van der Waals surface area contributed by atoms with Gasteiger partial charge in [-0.1, -0.05) is 0 Å². The lowest BCUT2D eigenvalue weighted by Gasteiger charge is -2.22. The van der Waals surface area contributed by atoms with Crippen molar-refractivity contribution < 1.29 is 14.0 Å². The van der Waals surface area contributed by atoms with Gasteiger partial charge in [-0.25, -0.2) is 4.39 Å². The summed E-state index contributed by atoms with van der Waals surface area (Å²) in [7, 11) is 0. The molecular formula is C10H10FN3O2. The molecule has 0 saturated carbocycles. The van der Waals surface area contributed by atoms with E-state index in [4.69, 9.17) is 0 Å². The molecule has 1 unspecified atom stereocenters. The van der Waals surface area contributed by atoms with Crippen molar-refractivity contribution in [3.8, 4) is 0 Å². The van der Waals surface area contributed by atoms with Crippen molar-refractivity contribution in [3.63, 3.8) is 0 Å². The summed E-state index contributed by atoms with van der Waals surface area (Å²) in [4.78, 5) is 25.9. The number of carbonyl (C=O) groups excluding carboxylic acids is 2. The maximum atomic E-state index is 12.8. The second-order valence-electron chi connectivity index (χ2n) is 3.54. The lowest BCUT2D eigenvalue weighted by Crippen LogP contribution is -2.47. The van der Waals surface area contributed by atoms with Gasteiger partial charge in [0.05, 0.1) is 18.1 Å². The van der Waals surface area contributed by atoms with Crippen molar-refractivity contribution in [1.82, 2.24) is 10.3 Å². The number of piperidine rings is 1. The molecule has 1 aliphatic heterocycles. The third kappa shape index (κ3) is 2.33. The molecule has 1 fully saturated rings. The predicted molar refractivity (Wildman–Crippen MR) is 54.0 cm³/mol. The average Bonchev–Trinajstić information content (AvgIpc) is 2.22. The zero-order valence-electron chi connectivity index (χ0n) is 8.37. The maximum absolute atomic E-state index is 12.8. The van der Waals surface area contributed by atoms with Gasteiger partial charge in [0.2, 0.25) is 11.8 Å². The first-order chi connectivity index (χ1) is 7.65. The topological polar surface area (TPSA) is 71.1 Å². The SMILES string of the molecule is O=C1CCC(Nc2cncc(F)c2)C(=O)N1. The molecule has 1 aliphatic rings. The van der Waals surface area contributed by atoms with Crippen molar-refractivity contribution in [1.29, 1.82) is 0 Å². The molecule has 84 valence electrons. The second-order valence-corrected chi connectivity index (χ2v) is 3.54. The Morgan fingerprint density at radius 3 is 2.94 bits per heavy atom. The fourth-order valence-electron chi connectivity index (χ4n) is 1.52. The van der Waals surface area contributed by atoms with Crippen LogP contribution in [-0.4, -0.2) is 22.8 Å². The Morgan fingerprint density at radius 2 is 2.25 bits per heavy atom. The molecule has 0 radical (unpaired) electrons. The lowest BCUT2D eigenvalue weighted by atomic mass is 10.1. The van der Waals surface area contributed by atoms with Crippen LogP contribution in [0.3, 0.4) is 0 Å². The molecule has 5 nitrogen and oxygen atoms in total. The molecule has 2 amide bonds. The number of pyridine rings is 1. The summed E-state index contributed by atoms with van der Waals surface area (Å²) >= 11 is 0. The first-order valence-corrected chi connectivity index (χ1v) is 4.86. The lowest BCUT2D eigenvalue weighted by molar-refractivity contribution is -0.133. The van der Waals surface area contributed by atoms with Crippen LogP contribution in [0.15, 0.2) is 18.5 Å². The van der Waals surface area contributed by atoms with E-state index in [1.54, 1.807) is 0 Å². The van der Waals surface area contributed by atoms with E-state index < -0.39 is 11.9 Å². The van der Waals surface area contributed by atoms with Crippen LogP contribution in [0.2, 0.25) is 0 Å². The van der Waals surface area contributed by atoms with Crippen molar-refractivity contribution in [2.24, 2.45) is 0 Å². The van der Waals surface area contributed by atoms with E-state index in [-0.39, 0.29) is 18.2 Å². The number of hydrogen-bond donors (Lipinski definition) is 2. The third-order valence-electron chi connectivity index (χ3n) is 2.28. The van der Waals surface area contributed by atoms with Crippen molar-refractivity contribution in [2.75, 3.05) is 5.32 Å². The number of rotatable bonds is 2. The summed E-state index contributed by atoms with van der Waals surface area (Å²) in [6, 6.07) is 0.734. The van der Waals surface area contributed by atoms with Crippen LogP contribution in [0.1, 0.15) is 12.8 Å². The monoisotopic (exact) mass is 223 g/mol.